The molecule has 0 amide bonds. The van der Waals surface area contributed by atoms with Crippen molar-refractivity contribution >= 4 is 34.8 Å². The van der Waals surface area contributed by atoms with Crippen molar-refractivity contribution in [3.05, 3.63) is 58.5 Å². The maximum atomic E-state index is 5.86. The number of hydrogen-bond acceptors (Lipinski definition) is 7. The van der Waals surface area contributed by atoms with Crippen LogP contribution in [0.15, 0.2) is 52.4 Å². The monoisotopic (exact) mass is 358 g/mol. The smallest absolute Gasteiger partial charge is 0.150 e. The van der Waals surface area contributed by atoms with E-state index >= 15 is 0 Å². The summed E-state index contributed by atoms with van der Waals surface area (Å²) in [4.78, 5) is 8.84. The van der Waals surface area contributed by atoms with Crippen molar-refractivity contribution in [3.8, 4) is 5.75 Å². The van der Waals surface area contributed by atoms with Gasteiger partial charge in [-0.1, -0.05) is 12.1 Å². The molecule has 124 valence electrons. The summed E-state index contributed by atoms with van der Waals surface area (Å²) in [6.07, 6.45) is 1.70. The maximum Gasteiger partial charge on any atom is 0.150 e. The Balaban J connectivity index is 1.82. The number of thiazole rings is 1. The minimum atomic E-state index is 0.703. The van der Waals surface area contributed by atoms with Gasteiger partial charge in [-0.2, -0.15) is 0 Å². The van der Waals surface area contributed by atoms with Crippen LogP contribution in [0.25, 0.3) is 0 Å². The van der Waals surface area contributed by atoms with Crippen molar-refractivity contribution in [1.82, 2.24) is 9.97 Å². The highest BCUT2D eigenvalue weighted by molar-refractivity contribution is 8.00. The Labute approximate surface area is 149 Å². The van der Waals surface area contributed by atoms with Gasteiger partial charge in [0.2, 0.25) is 0 Å². The highest BCUT2D eigenvalue weighted by atomic mass is 32.2. The molecule has 2 heterocycles. The zero-order valence-electron chi connectivity index (χ0n) is 13.5. The highest BCUT2D eigenvalue weighted by Gasteiger charge is 2.13. The number of aromatic nitrogens is 2. The number of nitrogen functional groups attached to an aromatic ring is 1. The average molecular weight is 358 g/mol. The van der Waals surface area contributed by atoms with Crippen LogP contribution in [0.2, 0.25) is 0 Å². The lowest BCUT2D eigenvalue weighted by atomic mass is 10.2. The van der Waals surface area contributed by atoms with Crippen LogP contribution in [0, 0.1) is 6.92 Å². The molecule has 1 aromatic carbocycles. The molecule has 0 aliphatic rings. The third kappa shape index (κ3) is 3.98. The van der Waals surface area contributed by atoms with Gasteiger partial charge in [0.05, 0.1) is 31.0 Å². The average Bonchev–Trinajstić information content (AvgIpc) is 3.13. The van der Waals surface area contributed by atoms with Gasteiger partial charge in [0.15, 0.2) is 0 Å². The second-order valence-electron chi connectivity index (χ2n) is 5.20. The summed E-state index contributed by atoms with van der Waals surface area (Å²) in [6.45, 7) is 2.70. The largest absolute Gasteiger partial charge is 0.497 e. The quantitative estimate of drug-likeness (QED) is 0.668. The Kier molecular flexibility index (Phi) is 5.22. The third-order valence-corrected chi connectivity index (χ3v) is 5.01. The van der Waals surface area contributed by atoms with Crippen molar-refractivity contribution in [2.75, 3.05) is 17.1 Å². The molecule has 3 aromatic rings. The number of benzene rings is 1. The SMILES string of the molecule is COc1ccc(CN(Sc2cc(C)c(N)cn2)c2cscn2)cc1. The van der Waals surface area contributed by atoms with Gasteiger partial charge in [-0.3, -0.25) is 4.31 Å². The van der Waals surface area contributed by atoms with E-state index < -0.39 is 0 Å². The van der Waals surface area contributed by atoms with E-state index in [1.807, 2.05) is 36.0 Å². The van der Waals surface area contributed by atoms with Crippen LogP contribution in [0.5, 0.6) is 5.75 Å². The van der Waals surface area contributed by atoms with E-state index in [-0.39, 0.29) is 0 Å². The Morgan fingerprint density at radius 2 is 2.04 bits per heavy atom. The van der Waals surface area contributed by atoms with Gasteiger partial charge in [-0.15, -0.1) is 11.3 Å². The van der Waals surface area contributed by atoms with E-state index in [9.17, 15) is 0 Å². The van der Waals surface area contributed by atoms with Gasteiger partial charge in [0, 0.05) is 17.3 Å². The fraction of sp³-hybridized carbons (Fsp3) is 0.176. The lowest BCUT2D eigenvalue weighted by Gasteiger charge is -2.21. The number of methoxy groups -OCH3 is 1. The molecule has 0 bridgehead atoms. The Hall–Kier alpha value is -2.25. The summed E-state index contributed by atoms with van der Waals surface area (Å²) in [5.41, 5.74) is 10.6. The third-order valence-electron chi connectivity index (χ3n) is 3.49. The normalized spacial score (nSPS) is 10.6. The fourth-order valence-corrected chi connectivity index (χ4v) is 3.66. The predicted molar refractivity (Wildman–Crippen MR) is 101 cm³/mol. The molecule has 24 heavy (non-hydrogen) atoms. The highest BCUT2D eigenvalue weighted by Crippen LogP contribution is 2.30. The maximum absolute atomic E-state index is 5.86. The molecular weight excluding hydrogens is 340 g/mol. The van der Waals surface area contributed by atoms with E-state index in [2.05, 4.69) is 26.4 Å². The molecule has 0 spiro atoms. The van der Waals surface area contributed by atoms with E-state index in [1.54, 1.807) is 36.6 Å². The second kappa shape index (κ2) is 7.55. The lowest BCUT2D eigenvalue weighted by molar-refractivity contribution is 0.414. The molecule has 5 nitrogen and oxygen atoms in total. The Morgan fingerprint density at radius 1 is 1.25 bits per heavy atom. The Bertz CT molecular complexity index is 791. The first-order valence-electron chi connectivity index (χ1n) is 7.34. The van der Waals surface area contributed by atoms with Crippen LogP contribution < -0.4 is 14.8 Å². The van der Waals surface area contributed by atoms with Crippen molar-refractivity contribution in [2.24, 2.45) is 0 Å². The number of rotatable bonds is 6. The van der Waals surface area contributed by atoms with Crippen molar-refractivity contribution in [3.63, 3.8) is 0 Å². The molecule has 7 heteroatoms. The van der Waals surface area contributed by atoms with Crippen LogP contribution in [-0.2, 0) is 6.54 Å². The molecule has 0 unspecified atom stereocenters. The van der Waals surface area contributed by atoms with E-state index in [1.165, 1.54) is 5.56 Å². The molecule has 0 radical (unpaired) electrons. The number of hydrogen-bond donors (Lipinski definition) is 1. The molecule has 0 atom stereocenters. The van der Waals surface area contributed by atoms with Crippen molar-refractivity contribution in [2.45, 2.75) is 18.5 Å². The lowest BCUT2D eigenvalue weighted by Crippen LogP contribution is -2.14. The molecule has 0 aliphatic heterocycles. The Morgan fingerprint density at radius 3 is 2.67 bits per heavy atom. The number of nitrogens with two attached hydrogens (primary N) is 1. The standard InChI is InChI=1S/C17H18N4OS2/c1-12-7-17(19-8-15(12)18)24-21(16-10-23-11-20-16)9-13-3-5-14(22-2)6-4-13/h3-8,10-11H,9,18H2,1-2H3. The molecule has 0 saturated heterocycles. The van der Waals surface area contributed by atoms with Crippen molar-refractivity contribution in [1.29, 1.82) is 0 Å². The van der Waals surface area contributed by atoms with Crippen LogP contribution >= 0.6 is 23.3 Å². The fourth-order valence-electron chi connectivity index (χ4n) is 2.09. The van der Waals surface area contributed by atoms with Crippen LogP contribution in [0.1, 0.15) is 11.1 Å². The predicted octanol–water partition coefficient (Wildman–Crippen LogP) is 4.15. The van der Waals surface area contributed by atoms with Crippen LogP contribution in [-0.4, -0.2) is 17.1 Å². The molecule has 0 aliphatic carbocycles. The number of pyridine rings is 1. The van der Waals surface area contributed by atoms with Crippen LogP contribution in [0.3, 0.4) is 0 Å². The molecule has 3 rings (SSSR count). The van der Waals surface area contributed by atoms with E-state index in [0.29, 0.717) is 12.2 Å². The summed E-state index contributed by atoms with van der Waals surface area (Å²) in [6, 6.07) is 10.0. The summed E-state index contributed by atoms with van der Waals surface area (Å²) in [7, 11) is 1.67. The first-order valence-corrected chi connectivity index (χ1v) is 9.06. The minimum absolute atomic E-state index is 0.703. The summed E-state index contributed by atoms with van der Waals surface area (Å²) in [5, 5.41) is 2.92. The summed E-state index contributed by atoms with van der Waals surface area (Å²) in [5.74, 6) is 1.76. The first kappa shape index (κ1) is 16.6. The van der Waals surface area contributed by atoms with Gasteiger partial charge < -0.3 is 10.5 Å². The van der Waals surface area contributed by atoms with E-state index in [4.69, 9.17) is 10.5 Å². The number of anilines is 2. The zero-order valence-corrected chi connectivity index (χ0v) is 15.1. The number of nitrogens with zero attached hydrogens (tertiary/aromatic N) is 3. The molecule has 2 N–H and O–H groups in total. The summed E-state index contributed by atoms with van der Waals surface area (Å²) >= 11 is 3.13. The van der Waals surface area contributed by atoms with Gasteiger partial charge in [0.25, 0.3) is 0 Å². The minimum Gasteiger partial charge on any atom is -0.497 e. The van der Waals surface area contributed by atoms with Gasteiger partial charge in [-0.05, 0) is 36.2 Å². The topological polar surface area (TPSA) is 64.3 Å². The number of ether oxygens (including phenoxy) is 1. The van der Waals surface area contributed by atoms with E-state index in [0.717, 1.165) is 22.2 Å². The number of aryl methyl sites for hydroxylation is 1. The van der Waals surface area contributed by atoms with Crippen LogP contribution in [0.4, 0.5) is 11.5 Å². The van der Waals surface area contributed by atoms with Crippen molar-refractivity contribution < 1.29 is 4.74 Å². The molecular formula is C17H18N4OS2. The molecule has 0 saturated carbocycles. The van der Waals surface area contributed by atoms with Gasteiger partial charge >= 0.3 is 0 Å². The molecule has 2 aromatic heterocycles. The first-order chi connectivity index (χ1) is 11.7. The second-order valence-corrected chi connectivity index (χ2v) is 6.96. The molecule has 0 fully saturated rings. The summed E-state index contributed by atoms with van der Waals surface area (Å²) < 4.78 is 7.34. The van der Waals surface area contributed by atoms with Gasteiger partial charge in [0.1, 0.15) is 16.6 Å². The zero-order chi connectivity index (χ0) is 16.9. The van der Waals surface area contributed by atoms with Gasteiger partial charge in [-0.25, -0.2) is 9.97 Å².